The normalized spacial score (nSPS) is 12.7. The van der Waals surface area contributed by atoms with Gasteiger partial charge in [0.15, 0.2) is 0 Å². The lowest BCUT2D eigenvalue weighted by atomic mass is 10.2. The molecule has 0 saturated carbocycles. The van der Waals surface area contributed by atoms with Crippen LogP contribution in [0.3, 0.4) is 0 Å². The fourth-order valence-corrected chi connectivity index (χ4v) is 3.88. The minimum absolute atomic E-state index is 0.313. The number of nitrogens with one attached hydrogen (secondary N) is 3. The van der Waals surface area contributed by atoms with Gasteiger partial charge in [-0.15, -0.1) is 0 Å². The summed E-state index contributed by atoms with van der Waals surface area (Å²) in [7, 11) is 1.29. The molecule has 0 bridgehead atoms. The van der Waals surface area contributed by atoms with Crippen LogP contribution in [-0.2, 0) is 4.74 Å². The highest BCUT2D eigenvalue weighted by molar-refractivity contribution is 6.06. The van der Waals surface area contributed by atoms with Crippen LogP contribution in [0.2, 0.25) is 0 Å². The van der Waals surface area contributed by atoms with E-state index in [-0.39, 0.29) is 0 Å². The van der Waals surface area contributed by atoms with E-state index in [0.717, 1.165) is 31.6 Å². The second-order valence-corrected chi connectivity index (χ2v) is 8.04. The molecule has 0 unspecified atom stereocenters. The number of carbonyl (C=O) groups excluding carboxylic acids is 3. The number of carbonyl (C=O) groups is 3. The summed E-state index contributed by atoms with van der Waals surface area (Å²) in [6.07, 6.45) is 2.10. The van der Waals surface area contributed by atoms with Gasteiger partial charge in [-0.1, -0.05) is 6.07 Å². The zero-order chi connectivity index (χ0) is 24.8. The molecule has 0 aliphatic carbocycles. The Labute approximate surface area is 202 Å². The van der Waals surface area contributed by atoms with Crippen LogP contribution in [0.5, 0.6) is 0 Å². The summed E-state index contributed by atoms with van der Waals surface area (Å²) in [5.41, 5.74) is 2.88. The Bertz CT molecular complexity index is 1240. The molecule has 35 heavy (non-hydrogen) atoms. The molecule has 1 fully saturated rings. The molecular formula is C26H25FN4O4. The summed E-state index contributed by atoms with van der Waals surface area (Å²) in [4.78, 5) is 39.3. The third-order valence-corrected chi connectivity index (χ3v) is 5.60. The standard InChI is InChI=1S/C26H25FN4O4/c1-35-25(33)18-5-4-6-20(15-18)29-26(34)30-22-16-21(11-12-23(22)31-13-2-3-14-31)28-24(32)17-7-9-19(27)10-8-17/h4-12,15-16H,2-3,13-14H2,1H3,(H,28,32)(H2,29,30,34). The van der Waals surface area contributed by atoms with Crippen LogP contribution in [-0.4, -0.2) is 38.1 Å². The first-order chi connectivity index (χ1) is 16.9. The van der Waals surface area contributed by atoms with Crippen LogP contribution in [0.4, 0.5) is 31.9 Å². The lowest BCUT2D eigenvalue weighted by Gasteiger charge is -2.22. The van der Waals surface area contributed by atoms with E-state index < -0.39 is 23.7 Å². The SMILES string of the molecule is COC(=O)c1cccc(NC(=O)Nc2cc(NC(=O)c3ccc(F)cc3)ccc2N2CCCC2)c1. The summed E-state index contributed by atoms with van der Waals surface area (Å²) in [6, 6.07) is 16.4. The molecule has 8 nitrogen and oxygen atoms in total. The van der Waals surface area contributed by atoms with E-state index in [9.17, 15) is 18.8 Å². The van der Waals surface area contributed by atoms with E-state index in [2.05, 4.69) is 20.9 Å². The van der Waals surface area contributed by atoms with Crippen LogP contribution in [0.15, 0.2) is 66.7 Å². The van der Waals surface area contributed by atoms with E-state index in [1.807, 2.05) is 6.07 Å². The molecule has 1 aliphatic heterocycles. The zero-order valence-corrected chi connectivity index (χ0v) is 19.1. The van der Waals surface area contributed by atoms with Crippen molar-refractivity contribution in [2.24, 2.45) is 0 Å². The molecule has 180 valence electrons. The predicted octanol–water partition coefficient (Wildman–Crippen LogP) is 5.11. The van der Waals surface area contributed by atoms with Gasteiger partial charge >= 0.3 is 12.0 Å². The first kappa shape index (κ1) is 23.7. The smallest absolute Gasteiger partial charge is 0.337 e. The molecule has 4 rings (SSSR count). The van der Waals surface area contributed by atoms with Gasteiger partial charge in [0.05, 0.1) is 24.0 Å². The maximum Gasteiger partial charge on any atom is 0.337 e. The third-order valence-electron chi connectivity index (χ3n) is 5.60. The van der Waals surface area contributed by atoms with E-state index in [1.54, 1.807) is 30.3 Å². The number of ether oxygens (including phenoxy) is 1. The van der Waals surface area contributed by atoms with Crippen molar-refractivity contribution >= 4 is 40.7 Å². The molecule has 0 atom stereocenters. The topological polar surface area (TPSA) is 99.8 Å². The molecule has 3 aromatic carbocycles. The Kier molecular flexibility index (Phi) is 7.25. The Morgan fingerprint density at radius 3 is 2.26 bits per heavy atom. The van der Waals surface area contributed by atoms with E-state index in [4.69, 9.17) is 4.74 Å². The largest absolute Gasteiger partial charge is 0.465 e. The minimum Gasteiger partial charge on any atom is -0.465 e. The number of hydrogen-bond acceptors (Lipinski definition) is 5. The van der Waals surface area contributed by atoms with Crippen molar-refractivity contribution < 1.29 is 23.5 Å². The lowest BCUT2D eigenvalue weighted by Crippen LogP contribution is -2.24. The molecule has 0 aromatic heterocycles. The summed E-state index contributed by atoms with van der Waals surface area (Å²) in [5, 5.41) is 8.35. The van der Waals surface area contributed by atoms with Crippen LogP contribution in [0.25, 0.3) is 0 Å². The lowest BCUT2D eigenvalue weighted by molar-refractivity contribution is 0.0600. The molecule has 1 saturated heterocycles. The van der Waals surface area contributed by atoms with E-state index >= 15 is 0 Å². The van der Waals surface area contributed by atoms with Gasteiger partial charge in [0, 0.05) is 30.0 Å². The molecule has 3 N–H and O–H groups in total. The average Bonchev–Trinajstić information content (AvgIpc) is 3.39. The number of halogens is 1. The third kappa shape index (κ3) is 5.94. The monoisotopic (exact) mass is 476 g/mol. The quantitative estimate of drug-likeness (QED) is 0.430. The number of rotatable bonds is 6. The van der Waals surface area contributed by atoms with Crippen molar-refractivity contribution in [2.75, 3.05) is 41.0 Å². The number of nitrogens with zero attached hydrogens (tertiary/aromatic N) is 1. The summed E-state index contributed by atoms with van der Waals surface area (Å²) in [5.74, 6) is -1.32. The van der Waals surface area contributed by atoms with Gasteiger partial charge in [-0.2, -0.15) is 0 Å². The van der Waals surface area contributed by atoms with Gasteiger partial charge in [0.1, 0.15) is 5.82 Å². The van der Waals surface area contributed by atoms with Crippen molar-refractivity contribution in [3.8, 4) is 0 Å². The second kappa shape index (κ2) is 10.7. The second-order valence-electron chi connectivity index (χ2n) is 8.04. The Morgan fingerprint density at radius 2 is 1.54 bits per heavy atom. The van der Waals surface area contributed by atoms with Gasteiger partial charge in [-0.25, -0.2) is 14.0 Å². The number of esters is 1. The van der Waals surface area contributed by atoms with Gasteiger partial charge in [-0.3, -0.25) is 4.79 Å². The number of methoxy groups -OCH3 is 1. The van der Waals surface area contributed by atoms with Gasteiger partial charge in [-0.05, 0) is 73.5 Å². The summed E-state index contributed by atoms with van der Waals surface area (Å²) < 4.78 is 17.9. The Hall–Kier alpha value is -4.40. The highest BCUT2D eigenvalue weighted by Crippen LogP contribution is 2.32. The number of amides is 3. The van der Waals surface area contributed by atoms with Crippen LogP contribution < -0.4 is 20.9 Å². The van der Waals surface area contributed by atoms with Crippen molar-refractivity contribution in [3.63, 3.8) is 0 Å². The van der Waals surface area contributed by atoms with Crippen molar-refractivity contribution in [2.45, 2.75) is 12.8 Å². The van der Waals surface area contributed by atoms with Crippen LogP contribution >= 0.6 is 0 Å². The van der Waals surface area contributed by atoms with Gasteiger partial charge < -0.3 is 25.6 Å². The number of anilines is 4. The van der Waals surface area contributed by atoms with Crippen molar-refractivity contribution in [1.29, 1.82) is 0 Å². The molecule has 9 heteroatoms. The Morgan fingerprint density at radius 1 is 0.829 bits per heavy atom. The fraction of sp³-hybridized carbons (Fsp3) is 0.192. The maximum absolute atomic E-state index is 13.2. The molecule has 3 amide bonds. The molecule has 1 aliphatic rings. The predicted molar refractivity (Wildman–Crippen MR) is 133 cm³/mol. The molecule has 3 aromatic rings. The van der Waals surface area contributed by atoms with Crippen molar-refractivity contribution in [1.82, 2.24) is 0 Å². The zero-order valence-electron chi connectivity index (χ0n) is 19.1. The first-order valence-corrected chi connectivity index (χ1v) is 11.2. The number of hydrogen-bond donors (Lipinski definition) is 3. The average molecular weight is 477 g/mol. The van der Waals surface area contributed by atoms with Gasteiger partial charge in [0.2, 0.25) is 0 Å². The van der Waals surface area contributed by atoms with E-state index in [1.165, 1.54) is 37.4 Å². The summed E-state index contributed by atoms with van der Waals surface area (Å²) in [6.45, 7) is 1.72. The maximum atomic E-state index is 13.2. The van der Waals surface area contributed by atoms with Gasteiger partial charge in [0.25, 0.3) is 5.91 Å². The minimum atomic E-state index is -0.505. The molecule has 1 heterocycles. The molecule has 0 spiro atoms. The number of urea groups is 1. The molecular weight excluding hydrogens is 451 g/mol. The highest BCUT2D eigenvalue weighted by Gasteiger charge is 2.18. The Balaban J connectivity index is 1.53. The highest BCUT2D eigenvalue weighted by atomic mass is 19.1. The number of benzene rings is 3. The van der Waals surface area contributed by atoms with Crippen LogP contribution in [0.1, 0.15) is 33.6 Å². The van der Waals surface area contributed by atoms with Crippen molar-refractivity contribution in [3.05, 3.63) is 83.7 Å². The fourth-order valence-electron chi connectivity index (χ4n) is 3.88. The molecule has 0 radical (unpaired) electrons. The summed E-state index contributed by atoms with van der Waals surface area (Å²) >= 11 is 0. The first-order valence-electron chi connectivity index (χ1n) is 11.2. The van der Waals surface area contributed by atoms with E-state index in [0.29, 0.717) is 28.2 Å². The van der Waals surface area contributed by atoms with Crippen LogP contribution in [0, 0.1) is 5.82 Å².